The van der Waals surface area contributed by atoms with Crippen molar-refractivity contribution in [3.05, 3.63) is 70.8 Å². The smallest absolute Gasteiger partial charge is 0.255 e. The normalized spacial score (nSPS) is 18.3. The van der Waals surface area contributed by atoms with Crippen molar-refractivity contribution >= 4 is 29.7 Å². The summed E-state index contributed by atoms with van der Waals surface area (Å²) in [7, 11) is 0. The number of Topliss-reactive ketones (excluding diaryl/α,β-unsaturated/α-hetero) is 1. The Hall–Kier alpha value is -3.87. The van der Waals surface area contributed by atoms with E-state index in [1.165, 1.54) is 0 Å². The van der Waals surface area contributed by atoms with Gasteiger partial charge in [0.25, 0.3) is 11.8 Å². The topological polar surface area (TPSA) is 122 Å². The Labute approximate surface area is 193 Å². The van der Waals surface area contributed by atoms with E-state index in [1.807, 2.05) is 36.4 Å². The maximum atomic E-state index is 13.2. The highest BCUT2D eigenvalue weighted by Crippen LogP contribution is 2.34. The van der Waals surface area contributed by atoms with Crippen LogP contribution < -0.4 is 20.9 Å². The first-order chi connectivity index (χ1) is 15.8. The summed E-state index contributed by atoms with van der Waals surface area (Å²) in [5.74, 6) is 0.445. The molecule has 1 atom stereocenters. The highest BCUT2D eigenvalue weighted by Gasteiger charge is 2.26. The number of ether oxygens (including phenoxy) is 2. The zero-order valence-electron chi connectivity index (χ0n) is 18.6. The summed E-state index contributed by atoms with van der Waals surface area (Å²) in [6.07, 6.45) is 6.26. The zero-order chi connectivity index (χ0) is 23.8. The number of ketones is 1. The number of carbonyl (C=O) groups excluding carboxylic acids is 3. The first kappa shape index (κ1) is 23.8. The summed E-state index contributed by atoms with van der Waals surface area (Å²) < 4.78 is 10.6. The van der Waals surface area contributed by atoms with Crippen molar-refractivity contribution in [2.45, 2.75) is 26.2 Å². The van der Waals surface area contributed by atoms with Gasteiger partial charge in [0.05, 0.1) is 0 Å². The van der Waals surface area contributed by atoms with Gasteiger partial charge in [-0.15, -0.1) is 0 Å². The van der Waals surface area contributed by atoms with Gasteiger partial charge in [-0.3, -0.25) is 14.4 Å². The monoisotopic (exact) mass is 448 g/mol. The SMILES string of the molecule is CCC1C/C(=C/c2ccc(OCC(N)=O)cc2)C(=O)/C(=C/c2ccc(OCC(N)=O)cc2)C1. The van der Waals surface area contributed by atoms with Gasteiger partial charge in [0.1, 0.15) is 11.5 Å². The van der Waals surface area contributed by atoms with Crippen molar-refractivity contribution in [2.24, 2.45) is 17.4 Å². The third-order valence-corrected chi connectivity index (χ3v) is 5.38. The molecule has 1 aliphatic rings. The van der Waals surface area contributed by atoms with E-state index in [-0.39, 0.29) is 19.0 Å². The summed E-state index contributed by atoms with van der Waals surface area (Å²) in [5, 5.41) is 0. The van der Waals surface area contributed by atoms with Crippen LogP contribution in [-0.2, 0) is 14.4 Å². The third kappa shape index (κ3) is 7.07. The number of allylic oxidation sites excluding steroid dienone is 2. The van der Waals surface area contributed by atoms with Gasteiger partial charge in [0.15, 0.2) is 19.0 Å². The first-order valence-electron chi connectivity index (χ1n) is 10.8. The standard InChI is InChI=1S/C26H28N2O5/c1-2-17-11-20(13-18-3-7-22(8-4-18)32-15-24(27)29)26(31)21(12-17)14-19-5-9-23(10-6-19)33-16-25(28)30/h3-10,13-14,17H,2,11-12,15-16H2,1H3,(H2,27,29)(H2,28,30)/b20-13-,21-14+. The molecule has 0 saturated heterocycles. The minimum absolute atomic E-state index is 0.0443. The van der Waals surface area contributed by atoms with E-state index in [2.05, 4.69) is 6.92 Å². The minimum atomic E-state index is -0.535. The molecule has 3 rings (SSSR count). The Bertz CT molecular complexity index is 985. The van der Waals surface area contributed by atoms with Crippen LogP contribution in [0.25, 0.3) is 12.2 Å². The minimum Gasteiger partial charge on any atom is -0.484 e. The Balaban J connectivity index is 1.77. The summed E-state index contributed by atoms with van der Waals surface area (Å²) >= 11 is 0. The molecule has 172 valence electrons. The maximum absolute atomic E-state index is 13.2. The van der Waals surface area contributed by atoms with Crippen LogP contribution in [0.15, 0.2) is 59.7 Å². The lowest BCUT2D eigenvalue weighted by molar-refractivity contribution is -0.120. The largest absolute Gasteiger partial charge is 0.484 e. The van der Waals surface area contributed by atoms with Gasteiger partial charge in [-0.2, -0.15) is 0 Å². The third-order valence-electron chi connectivity index (χ3n) is 5.38. The summed E-state index contributed by atoms with van der Waals surface area (Å²) in [4.78, 5) is 34.9. The molecule has 7 heteroatoms. The second-order valence-corrected chi connectivity index (χ2v) is 8.00. The van der Waals surface area contributed by atoms with Gasteiger partial charge in [-0.25, -0.2) is 0 Å². The molecule has 1 saturated carbocycles. The van der Waals surface area contributed by atoms with Crippen molar-refractivity contribution < 1.29 is 23.9 Å². The molecule has 4 N–H and O–H groups in total. The number of benzene rings is 2. The van der Waals surface area contributed by atoms with Crippen LogP contribution in [0.5, 0.6) is 11.5 Å². The molecule has 0 aliphatic heterocycles. The maximum Gasteiger partial charge on any atom is 0.255 e. The lowest BCUT2D eigenvalue weighted by Crippen LogP contribution is -2.20. The molecule has 0 radical (unpaired) electrons. The van der Waals surface area contributed by atoms with E-state index >= 15 is 0 Å². The van der Waals surface area contributed by atoms with Gasteiger partial charge < -0.3 is 20.9 Å². The van der Waals surface area contributed by atoms with Crippen LogP contribution in [0.3, 0.4) is 0 Å². The Morgan fingerprint density at radius 3 is 1.55 bits per heavy atom. The molecule has 1 fully saturated rings. The lowest BCUT2D eigenvalue weighted by Gasteiger charge is -2.25. The van der Waals surface area contributed by atoms with Gasteiger partial charge >= 0.3 is 0 Å². The molecule has 0 aromatic heterocycles. The van der Waals surface area contributed by atoms with E-state index in [4.69, 9.17) is 20.9 Å². The summed E-state index contributed by atoms with van der Waals surface area (Å²) in [6.45, 7) is 1.78. The molecule has 0 spiro atoms. The second kappa shape index (κ2) is 11.1. The second-order valence-electron chi connectivity index (χ2n) is 8.00. The number of hydrogen-bond acceptors (Lipinski definition) is 5. The Morgan fingerprint density at radius 2 is 1.21 bits per heavy atom. The summed E-state index contributed by atoms with van der Waals surface area (Å²) in [6, 6.07) is 14.4. The average Bonchev–Trinajstić information content (AvgIpc) is 2.80. The average molecular weight is 449 g/mol. The molecule has 2 aromatic rings. The molecule has 33 heavy (non-hydrogen) atoms. The van der Waals surface area contributed by atoms with Crippen molar-refractivity contribution in [3.8, 4) is 11.5 Å². The number of hydrogen-bond donors (Lipinski definition) is 2. The number of rotatable bonds is 9. The fourth-order valence-electron chi connectivity index (χ4n) is 3.66. The predicted octanol–water partition coefficient (Wildman–Crippen LogP) is 3.27. The van der Waals surface area contributed by atoms with Crippen LogP contribution in [0.2, 0.25) is 0 Å². The van der Waals surface area contributed by atoms with Crippen LogP contribution in [0.4, 0.5) is 0 Å². The lowest BCUT2D eigenvalue weighted by atomic mass is 9.78. The van der Waals surface area contributed by atoms with Crippen LogP contribution >= 0.6 is 0 Å². The van der Waals surface area contributed by atoms with Crippen molar-refractivity contribution in [1.82, 2.24) is 0 Å². The van der Waals surface area contributed by atoms with E-state index in [1.54, 1.807) is 24.3 Å². The fourth-order valence-corrected chi connectivity index (χ4v) is 3.66. The van der Waals surface area contributed by atoms with Crippen molar-refractivity contribution in [1.29, 1.82) is 0 Å². The van der Waals surface area contributed by atoms with E-state index < -0.39 is 11.8 Å². The highest BCUT2D eigenvalue weighted by molar-refractivity contribution is 6.14. The van der Waals surface area contributed by atoms with Gasteiger partial charge in [0, 0.05) is 11.1 Å². The molecule has 7 nitrogen and oxygen atoms in total. The Kier molecular flexibility index (Phi) is 8.02. The van der Waals surface area contributed by atoms with Gasteiger partial charge in [0.2, 0.25) is 0 Å². The molecule has 1 unspecified atom stereocenters. The number of primary amides is 2. The zero-order valence-corrected chi connectivity index (χ0v) is 18.6. The van der Waals surface area contributed by atoms with E-state index in [0.29, 0.717) is 17.4 Å². The first-order valence-corrected chi connectivity index (χ1v) is 10.8. The quantitative estimate of drug-likeness (QED) is 0.570. The number of amides is 2. The van der Waals surface area contributed by atoms with Gasteiger partial charge in [-0.1, -0.05) is 37.6 Å². The van der Waals surface area contributed by atoms with Crippen molar-refractivity contribution in [2.75, 3.05) is 13.2 Å². The molecule has 2 amide bonds. The van der Waals surface area contributed by atoms with E-state index in [0.717, 1.165) is 41.5 Å². The molecule has 2 aromatic carbocycles. The molecule has 0 heterocycles. The number of carbonyl (C=O) groups is 3. The van der Waals surface area contributed by atoms with Gasteiger partial charge in [-0.05, 0) is 66.3 Å². The van der Waals surface area contributed by atoms with Crippen LogP contribution in [0.1, 0.15) is 37.3 Å². The van der Waals surface area contributed by atoms with Crippen molar-refractivity contribution in [3.63, 3.8) is 0 Å². The molecule has 1 aliphatic carbocycles. The highest BCUT2D eigenvalue weighted by atomic mass is 16.5. The fraction of sp³-hybridized carbons (Fsp3) is 0.269. The van der Waals surface area contributed by atoms with E-state index in [9.17, 15) is 14.4 Å². The number of nitrogens with two attached hydrogens (primary N) is 2. The predicted molar refractivity (Wildman–Crippen MR) is 126 cm³/mol. The van der Waals surface area contributed by atoms with Crippen LogP contribution in [-0.4, -0.2) is 30.8 Å². The molecule has 0 bridgehead atoms. The Morgan fingerprint density at radius 1 is 0.818 bits per heavy atom. The molecular formula is C26H28N2O5. The summed E-state index contributed by atoms with van der Waals surface area (Å²) in [5.41, 5.74) is 13.5. The van der Waals surface area contributed by atoms with Crippen LogP contribution in [0, 0.1) is 5.92 Å². The molecular weight excluding hydrogens is 420 g/mol.